The molecule has 1 aromatic rings. The number of nitrogens with one attached hydrogen (secondary N) is 1. The van der Waals surface area contributed by atoms with Crippen LogP contribution in [0.1, 0.15) is 32.3 Å². The molecule has 0 amide bonds. The Morgan fingerprint density at radius 2 is 2.00 bits per heavy atom. The minimum Gasteiger partial charge on any atom is -0.388 e. The second kappa shape index (κ2) is 5.38. The van der Waals surface area contributed by atoms with Crippen LogP contribution in [-0.4, -0.2) is 41.3 Å². The first-order valence-electron chi connectivity index (χ1n) is 7.86. The van der Waals surface area contributed by atoms with Crippen molar-refractivity contribution in [3.05, 3.63) is 29.8 Å². The number of hydrogen-bond acceptors (Lipinski definition) is 3. The van der Waals surface area contributed by atoms with E-state index in [1.165, 1.54) is 11.3 Å². The summed E-state index contributed by atoms with van der Waals surface area (Å²) in [5.74, 6) is 0.704. The Morgan fingerprint density at radius 3 is 2.65 bits per heavy atom. The normalized spacial score (nSPS) is 25.5. The van der Waals surface area contributed by atoms with Gasteiger partial charge in [-0.15, -0.1) is 0 Å². The van der Waals surface area contributed by atoms with E-state index in [1.807, 2.05) is 0 Å². The summed E-state index contributed by atoms with van der Waals surface area (Å²) < 4.78 is 0. The van der Waals surface area contributed by atoms with Crippen LogP contribution >= 0.6 is 0 Å². The van der Waals surface area contributed by atoms with Gasteiger partial charge in [-0.05, 0) is 36.8 Å². The van der Waals surface area contributed by atoms with Crippen LogP contribution in [0.2, 0.25) is 0 Å². The molecule has 1 atom stereocenters. The van der Waals surface area contributed by atoms with Crippen LogP contribution in [0.15, 0.2) is 24.3 Å². The van der Waals surface area contributed by atoms with Gasteiger partial charge >= 0.3 is 0 Å². The number of nitrogens with zero attached hydrogens (tertiary/aromatic N) is 1. The predicted octanol–water partition coefficient (Wildman–Crippen LogP) is 2.51. The molecule has 0 radical (unpaired) electrons. The highest BCUT2D eigenvalue weighted by molar-refractivity contribution is 5.57. The summed E-state index contributed by atoms with van der Waals surface area (Å²) in [4.78, 5) is 2.49. The molecule has 1 fully saturated rings. The molecular weight excluding hydrogens is 248 g/mol. The molecule has 110 valence electrons. The molecule has 0 saturated carbocycles. The fourth-order valence-corrected chi connectivity index (χ4v) is 3.61. The van der Waals surface area contributed by atoms with Crippen molar-refractivity contribution in [3.63, 3.8) is 0 Å². The number of fused-ring (bicyclic) bond motifs is 1. The summed E-state index contributed by atoms with van der Waals surface area (Å²) in [7, 11) is 0. The molecule has 1 unspecified atom stereocenters. The number of aliphatic hydroxyl groups is 1. The number of anilines is 1. The molecule has 1 aromatic carbocycles. The van der Waals surface area contributed by atoms with Gasteiger partial charge in [0.15, 0.2) is 0 Å². The molecular formula is C17H26N2O. The van der Waals surface area contributed by atoms with Crippen LogP contribution in [0.3, 0.4) is 0 Å². The minimum absolute atomic E-state index is 0.182. The van der Waals surface area contributed by atoms with E-state index in [4.69, 9.17) is 0 Å². The molecule has 20 heavy (non-hydrogen) atoms. The lowest BCUT2D eigenvalue weighted by molar-refractivity contribution is -0.0360. The van der Waals surface area contributed by atoms with Gasteiger partial charge in [0.1, 0.15) is 0 Å². The number of benzene rings is 1. The fraction of sp³-hybridized carbons (Fsp3) is 0.647. The van der Waals surface area contributed by atoms with Crippen LogP contribution in [0, 0.1) is 5.92 Å². The zero-order valence-electron chi connectivity index (χ0n) is 12.6. The Hall–Kier alpha value is -1.06. The second-order valence-corrected chi connectivity index (χ2v) is 6.86. The van der Waals surface area contributed by atoms with Crippen molar-refractivity contribution in [1.82, 2.24) is 4.90 Å². The Kier molecular flexibility index (Phi) is 3.74. The maximum absolute atomic E-state index is 11.0. The van der Waals surface area contributed by atoms with Gasteiger partial charge in [-0.1, -0.05) is 32.0 Å². The monoisotopic (exact) mass is 274 g/mol. The van der Waals surface area contributed by atoms with Gasteiger partial charge in [-0.2, -0.15) is 0 Å². The van der Waals surface area contributed by atoms with Crippen molar-refractivity contribution in [2.24, 2.45) is 5.92 Å². The maximum Gasteiger partial charge on any atom is 0.0875 e. The van der Waals surface area contributed by atoms with Crippen LogP contribution in [-0.2, 0) is 6.42 Å². The number of rotatable bonds is 3. The molecule has 0 aliphatic carbocycles. The van der Waals surface area contributed by atoms with E-state index in [2.05, 4.69) is 48.3 Å². The predicted molar refractivity (Wildman–Crippen MR) is 83.0 cm³/mol. The molecule has 0 spiro atoms. The summed E-state index contributed by atoms with van der Waals surface area (Å²) in [5.41, 5.74) is 2.00. The highest BCUT2D eigenvalue weighted by Crippen LogP contribution is 2.35. The smallest absolute Gasteiger partial charge is 0.0875 e. The number of piperidine rings is 1. The Bertz CT molecular complexity index is 439. The van der Waals surface area contributed by atoms with Gasteiger partial charge in [0, 0.05) is 25.3 Å². The van der Waals surface area contributed by atoms with E-state index in [-0.39, 0.29) is 6.04 Å². The standard InChI is InChI=1S/C17H26N2O/c1-13(2)12-19-9-7-17(20,8-10-19)16-11-14-5-3-4-6-15(14)18-16/h3-6,13,16,18,20H,7-12H2,1-2H3. The zero-order valence-corrected chi connectivity index (χ0v) is 12.6. The number of para-hydroxylation sites is 1. The quantitative estimate of drug-likeness (QED) is 0.889. The van der Waals surface area contributed by atoms with Crippen LogP contribution in [0.5, 0.6) is 0 Å². The van der Waals surface area contributed by atoms with Gasteiger partial charge in [0.25, 0.3) is 0 Å². The van der Waals surface area contributed by atoms with Crippen molar-refractivity contribution in [3.8, 4) is 0 Å². The van der Waals surface area contributed by atoms with Crippen molar-refractivity contribution >= 4 is 5.69 Å². The Morgan fingerprint density at radius 1 is 1.30 bits per heavy atom. The third-order valence-corrected chi connectivity index (χ3v) is 4.77. The summed E-state index contributed by atoms with van der Waals surface area (Å²) in [6.45, 7) is 7.70. The molecule has 0 bridgehead atoms. The first kappa shape index (κ1) is 13.9. The fourth-order valence-electron chi connectivity index (χ4n) is 3.61. The lowest BCUT2D eigenvalue weighted by Crippen LogP contribution is -2.54. The SMILES string of the molecule is CC(C)CN1CCC(O)(C2Cc3ccccc3N2)CC1. The largest absolute Gasteiger partial charge is 0.388 e. The number of hydrogen-bond donors (Lipinski definition) is 2. The average molecular weight is 274 g/mol. The van der Waals surface area contributed by atoms with Crippen molar-refractivity contribution < 1.29 is 5.11 Å². The van der Waals surface area contributed by atoms with E-state index in [1.54, 1.807) is 0 Å². The molecule has 2 aliphatic rings. The zero-order chi connectivity index (χ0) is 14.2. The van der Waals surface area contributed by atoms with Crippen LogP contribution < -0.4 is 5.32 Å². The molecule has 2 N–H and O–H groups in total. The summed E-state index contributed by atoms with van der Waals surface area (Å²) in [5, 5.41) is 14.5. The number of likely N-dealkylation sites (tertiary alicyclic amines) is 1. The van der Waals surface area contributed by atoms with E-state index >= 15 is 0 Å². The molecule has 3 rings (SSSR count). The van der Waals surface area contributed by atoms with Gasteiger partial charge < -0.3 is 15.3 Å². The average Bonchev–Trinajstić information content (AvgIpc) is 2.86. The lowest BCUT2D eigenvalue weighted by Gasteiger charge is -2.42. The van der Waals surface area contributed by atoms with Crippen LogP contribution in [0.25, 0.3) is 0 Å². The van der Waals surface area contributed by atoms with Crippen LogP contribution in [0.4, 0.5) is 5.69 Å². The van der Waals surface area contributed by atoms with E-state index < -0.39 is 5.60 Å². The molecule has 0 aromatic heterocycles. The summed E-state index contributed by atoms with van der Waals surface area (Å²) in [6.07, 6.45) is 2.72. The summed E-state index contributed by atoms with van der Waals surface area (Å²) in [6, 6.07) is 8.61. The third kappa shape index (κ3) is 2.70. The van der Waals surface area contributed by atoms with E-state index in [9.17, 15) is 5.11 Å². The maximum atomic E-state index is 11.0. The Balaban J connectivity index is 1.62. The third-order valence-electron chi connectivity index (χ3n) is 4.77. The van der Waals surface area contributed by atoms with E-state index in [0.29, 0.717) is 5.92 Å². The van der Waals surface area contributed by atoms with E-state index in [0.717, 1.165) is 38.9 Å². The van der Waals surface area contributed by atoms with Gasteiger partial charge in [0.05, 0.1) is 11.6 Å². The van der Waals surface area contributed by atoms with Crippen molar-refractivity contribution in [2.45, 2.75) is 44.8 Å². The van der Waals surface area contributed by atoms with Crippen molar-refractivity contribution in [2.75, 3.05) is 25.0 Å². The molecule has 2 aliphatic heterocycles. The first-order valence-corrected chi connectivity index (χ1v) is 7.86. The Labute approximate surface area is 122 Å². The molecule has 3 nitrogen and oxygen atoms in total. The van der Waals surface area contributed by atoms with Gasteiger partial charge in [-0.25, -0.2) is 0 Å². The van der Waals surface area contributed by atoms with Gasteiger partial charge in [-0.3, -0.25) is 0 Å². The highest BCUT2D eigenvalue weighted by Gasteiger charge is 2.42. The lowest BCUT2D eigenvalue weighted by atomic mass is 9.83. The minimum atomic E-state index is -0.549. The summed E-state index contributed by atoms with van der Waals surface area (Å²) >= 11 is 0. The molecule has 3 heteroatoms. The first-order chi connectivity index (χ1) is 9.57. The topological polar surface area (TPSA) is 35.5 Å². The highest BCUT2D eigenvalue weighted by atomic mass is 16.3. The molecule has 1 saturated heterocycles. The van der Waals surface area contributed by atoms with Crippen molar-refractivity contribution in [1.29, 1.82) is 0 Å². The molecule has 2 heterocycles. The second-order valence-electron chi connectivity index (χ2n) is 6.86. The van der Waals surface area contributed by atoms with Gasteiger partial charge in [0.2, 0.25) is 0 Å².